The molecule has 2 aliphatic heterocycles. The van der Waals surface area contributed by atoms with Crippen molar-refractivity contribution in [3.63, 3.8) is 0 Å². The Balaban J connectivity index is 1.87. The molecule has 0 amide bonds. The highest BCUT2D eigenvalue weighted by molar-refractivity contribution is 5.62. The van der Waals surface area contributed by atoms with Crippen LogP contribution in [0.25, 0.3) is 0 Å². The molecule has 1 atom stereocenters. The predicted octanol–water partition coefficient (Wildman–Crippen LogP) is 1.40. The van der Waals surface area contributed by atoms with Gasteiger partial charge in [0.15, 0.2) is 11.5 Å². The van der Waals surface area contributed by atoms with Gasteiger partial charge >= 0.3 is 0 Å². The zero-order valence-corrected chi connectivity index (χ0v) is 10.1. The summed E-state index contributed by atoms with van der Waals surface area (Å²) in [7, 11) is 1.99. The lowest BCUT2D eigenvalue weighted by Crippen LogP contribution is -2.34. The van der Waals surface area contributed by atoms with E-state index in [0.717, 1.165) is 30.9 Å². The Morgan fingerprint density at radius 1 is 1.29 bits per heavy atom. The maximum absolute atomic E-state index is 5.60. The van der Waals surface area contributed by atoms with Gasteiger partial charge in [0.2, 0.25) is 0 Å². The first-order chi connectivity index (χ1) is 8.36. The number of anilines is 1. The number of nitrogens with one attached hydrogen (secondary N) is 2. The Bertz CT molecular complexity index is 420. The van der Waals surface area contributed by atoms with Crippen molar-refractivity contribution in [2.24, 2.45) is 0 Å². The molecule has 1 unspecified atom stereocenters. The van der Waals surface area contributed by atoms with Crippen LogP contribution in [0.15, 0.2) is 12.1 Å². The summed E-state index contributed by atoms with van der Waals surface area (Å²) in [4.78, 5) is 0. The molecule has 2 heterocycles. The summed E-state index contributed by atoms with van der Waals surface area (Å²) in [5, 5.41) is 6.76. The van der Waals surface area contributed by atoms with Crippen LogP contribution in [0.2, 0.25) is 0 Å². The molecule has 2 N–H and O–H groups in total. The maximum Gasteiger partial charge on any atom is 0.163 e. The molecule has 0 saturated heterocycles. The van der Waals surface area contributed by atoms with Crippen molar-refractivity contribution in [3.8, 4) is 11.5 Å². The van der Waals surface area contributed by atoms with Crippen molar-refractivity contribution in [1.82, 2.24) is 5.32 Å². The van der Waals surface area contributed by atoms with Crippen LogP contribution in [0.3, 0.4) is 0 Å². The average Bonchev–Trinajstić information content (AvgIpc) is 2.36. The molecule has 17 heavy (non-hydrogen) atoms. The lowest BCUT2D eigenvalue weighted by molar-refractivity contribution is 0.171. The molecule has 1 aromatic rings. The molecule has 0 fully saturated rings. The van der Waals surface area contributed by atoms with E-state index in [4.69, 9.17) is 9.47 Å². The Labute approximate surface area is 101 Å². The van der Waals surface area contributed by atoms with E-state index < -0.39 is 0 Å². The van der Waals surface area contributed by atoms with Gasteiger partial charge in [0.25, 0.3) is 0 Å². The molecule has 0 radical (unpaired) electrons. The van der Waals surface area contributed by atoms with Gasteiger partial charge in [-0.15, -0.1) is 0 Å². The lowest BCUT2D eigenvalue weighted by Gasteiger charge is -2.29. The summed E-state index contributed by atoms with van der Waals surface area (Å²) in [6, 6.07) is 4.70. The summed E-state index contributed by atoms with van der Waals surface area (Å²) in [5.74, 6) is 1.76. The van der Waals surface area contributed by atoms with Gasteiger partial charge in [0.05, 0.1) is 0 Å². The molecule has 0 spiro atoms. The summed E-state index contributed by atoms with van der Waals surface area (Å²) in [5.41, 5.74) is 2.53. The van der Waals surface area contributed by atoms with Gasteiger partial charge in [-0.05, 0) is 31.5 Å². The van der Waals surface area contributed by atoms with E-state index in [2.05, 4.69) is 22.8 Å². The number of fused-ring (bicyclic) bond motifs is 2. The van der Waals surface area contributed by atoms with Crippen molar-refractivity contribution >= 4 is 5.69 Å². The first kappa shape index (κ1) is 10.7. The molecule has 0 aliphatic carbocycles. The molecule has 2 aliphatic rings. The van der Waals surface area contributed by atoms with Crippen molar-refractivity contribution in [3.05, 3.63) is 17.7 Å². The Morgan fingerprint density at radius 3 is 2.82 bits per heavy atom. The van der Waals surface area contributed by atoms with Crippen LogP contribution in [-0.4, -0.2) is 32.8 Å². The molecule has 4 nitrogen and oxygen atoms in total. The second-order valence-electron chi connectivity index (χ2n) is 4.59. The second-order valence-corrected chi connectivity index (χ2v) is 4.59. The van der Waals surface area contributed by atoms with Crippen LogP contribution in [0.1, 0.15) is 12.0 Å². The molecule has 0 bridgehead atoms. The first-order valence-electron chi connectivity index (χ1n) is 6.20. The Morgan fingerprint density at radius 2 is 2.06 bits per heavy atom. The van der Waals surface area contributed by atoms with E-state index in [0.29, 0.717) is 19.3 Å². The minimum absolute atomic E-state index is 0.509. The van der Waals surface area contributed by atoms with Gasteiger partial charge < -0.3 is 20.1 Å². The number of rotatable bonds is 2. The van der Waals surface area contributed by atoms with E-state index >= 15 is 0 Å². The summed E-state index contributed by atoms with van der Waals surface area (Å²) in [6.07, 6.45) is 2.26. The third kappa shape index (κ3) is 2.05. The van der Waals surface area contributed by atoms with Gasteiger partial charge in [0.1, 0.15) is 13.2 Å². The normalized spacial score (nSPS) is 21.6. The topological polar surface area (TPSA) is 42.5 Å². The van der Waals surface area contributed by atoms with Crippen LogP contribution in [0.5, 0.6) is 11.5 Å². The zero-order chi connectivity index (χ0) is 11.7. The smallest absolute Gasteiger partial charge is 0.163 e. The third-order valence-electron chi connectivity index (χ3n) is 3.34. The van der Waals surface area contributed by atoms with Crippen LogP contribution >= 0.6 is 0 Å². The number of likely N-dealkylation sites (N-methyl/N-ethyl adjacent to an activating group) is 1. The van der Waals surface area contributed by atoms with E-state index in [1.807, 2.05) is 7.05 Å². The van der Waals surface area contributed by atoms with Crippen molar-refractivity contribution in [2.45, 2.75) is 18.9 Å². The van der Waals surface area contributed by atoms with Gasteiger partial charge in [-0.25, -0.2) is 0 Å². The fourth-order valence-electron chi connectivity index (χ4n) is 2.49. The highest BCUT2D eigenvalue weighted by Crippen LogP contribution is 2.38. The van der Waals surface area contributed by atoms with Gasteiger partial charge in [-0.1, -0.05) is 0 Å². The molecular weight excluding hydrogens is 216 g/mol. The molecular formula is C13H18N2O2. The minimum atomic E-state index is 0.509. The first-order valence-corrected chi connectivity index (χ1v) is 6.20. The van der Waals surface area contributed by atoms with Crippen molar-refractivity contribution < 1.29 is 9.47 Å². The largest absolute Gasteiger partial charge is 0.486 e. The number of benzene rings is 1. The fraction of sp³-hybridized carbons (Fsp3) is 0.538. The van der Waals surface area contributed by atoms with Crippen LogP contribution < -0.4 is 20.1 Å². The number of hydrogen-bond donors (Lipinski definition) is 2. The molecule has 1 aromatic carbocycles. The molecule has 0 saturated carbocycles. The SMILES string of the molecule is CNCC1CCc2cc3c(cc2N1)OCCO3. The zero-order valence-electron chi connectivity index (χ0n) is 10.1. The number of ether oxygens (including phenoxy) is 2. The monoisotopic (exact) mass is 234 g/mol. The standard InChI is InChI=1S/C13H18N2O2/c1-14-8-10-3-2-9-6-12-13(7-11(9)15-10)17-5-4-16-12/h6-7,10,14-15H,2-5,8H2,1H3. The minimum Gasteiger partial charge on any atom is -0.486 e. The van der Waals surface area contributed by atoms with E-state index in [9.17, 15) is 0 Å². The number of hydrogen-bond acceptors (Lipinski definition) is 4. The number of aryl methyl sites for hydroxylation is 1. The van der Waals surface area contributed by atoms with E-state index in [1.165, 1.54) is 11.3 Å². The van der Waals surface area contributed by atoms with Crippen molar-refractivity contribution in [1.29, 1.82) is 0 Å². The summed E-state index contributed by atoms with van der Waals surface area (Å²) >= 11 is 0. The Kier molecular flexibility index (Phi) is 2.81. The van der Waals surface area contributed by atoms with Gasteiger partial charge in [0, 0.05) is 24.3 Å². The summed E-state index contributed by atoms with van der Waals surface area (Å²) < 4.78 is 11.2. The molecule has 0 aromatic heterocycles. The van der Waals surface area contributed by atoms with E-state index in [-0.39, 0.29) is 0 Å². The Hall–Kier alpha value is -1.42. The quantitative estimate of drug-likeness (QED) is 0.812. The molecule has 92 valence electrons. The van der Waals surface area contributed by atoms with Crippen LogP contribution in [0.4, 0.5) is 5.69 Å². The highest BCUT2D eigenvalue weighted by Gasteiger charge is 2.21. The molecule has 4 heteroatoms. The third-order valence-corrected chi connectivity index (χ3v) is 3.34. The highest BCUT2D eigenvalue weighted by atomic mass is 16.6. The van der Waals surface area contributed by atoms with Gasteiger partial charge in [-0.3, -0.25) is 0 Å². The van der Waals surface area contributed by atoms with Gasteiger partial charge in [-0.2, -0.15) is 0 Å². The fourth-order valence-corrected chi connectivity index (χ4v) is 2.49. The second kappa shape index (κ2) is 4.45. The van der Waals surface area contributed by atoms with Crippen LogP contribution in [-0.2, 0) is 6.42 Å². The van der Waals surface area contributed by atoms with E-state index in [1.54, 1.807) is 0 Å². The maximum atomic E-state index is 5.60. The molecule has 3 rings (SSSR count). The predicted molar refractivity (Wildman–Crippen MR) is 67.1 cm³/mol. The average molecular weight is 234 g/mol. The summed E-state index contributed by atoms with van der Waals surface area (Å²) in [6.45, 7) is 2.29. The lowest BCUT2D eigenvalue weighted by atomic mass is 9.97. The van der Waals surface area contributed by atoms with Crippen LogP contribution in [0, 0.1) is 0 Å². The van der Waals surface area contributed by atoms with Crippen molar-refractivity contribution in [2.75, 3.05) is 32.1 Å².